The zero-order valence-electron chi connectivity index (χ0n) is 7.51. The van der Waals surface area contributed by atoms with E-state index in [0.29, 0.717) is 0 Å². The van der Waals surface area contributed by atoms with Crippen LogP contribution in [0.5, 0.6) is 0 Å². The lowest BCUT2D eigenvalue weighted by Crippen LogP contribution is -2.05. The summed E-state index contributed by atoms with van der Waals surface area (Å²) in [6.45, 7) is 3.38. The number of ether oxygens (including phenoxy) is 1. The third-order valence-corrected chi connectivity index (χ3v) is 1.72. The van der Waals surface area contributed by atoms with Gasteiger partial charge in [0.15, 0.2) is 11.6 Å². The van der Waals surface area contributed by atoms with Crippen LogP contribution < -0.4 is 0 Å². The normalized spacial score (nSPS) is 9.64. The van der Waals surface area contributed by atoms with Gasteiger partial charge in [-0.25, -0.2) is 13.6 Å². The van der Waals surface area contributed by atoms with Crippen LogP contribution in [0.3, 0.4) is 0 Å². The first-order valence-corrected chi connectivity index (χ1v) is 3.80. The van der Waals surface area contributed by atoms with E-state index in [1.165, 1.54) is 6.08 Å². The molecule has 0 fully saturated rings. The van der Waals surface area contributed by atoms with Gasteiger partial charge in [0, 0.05) is 0 Å². The molecule has 0 saturated heterocycles. The third-order valence-electron chi connectivity index (χ3n) is 1.72. The van der Waals surface area contributed by atoms with Crippen molar-refractivity contribution in [2.24, 2.45) is 0 Å². The average Bonchev–Trinajstić information content (AvgIpc) is 2.20. The summed E-state index contributed by atoms with van der Waals surface area (Å²) < 4.78 is 29.9. The predicted octanol–water partition coefficient (Wildman–Crippen LogP) is 2.39. The van der Waals surface area contributed by atoms with Crippen molar-refractivity contribution in [2.75, 3.05) is 7.11 Å². The van der Waals surface area contributed by atoms with E-state index in [1.807, 2.05) is 0 Å². The van der Waals surface area contributed by atoms with Crippen LogP contribution in [0.15, 0.2) is 18.7 Å². The largest absolute Gasteiger partial charge is 0.465 e. The van der Waals surface area contributed by atoms with Gasteiger partial charge in [-0.15, -0.1) is 0 Å². The number of benzene rings is 1. The highest BCUT2D eigenvalue weighted by Gasteiger charge is 2.14. The van der Waals surface area contributed by atoms with Gasteiger partial charge in [-0.05, 0) is 17.7 Å². The molecule has 0 amide bonds. The summed E-state index contributed by atoms with van der Waals surface area (Å²) in [6.07, 6.45) is 1.26. The number of carbonyl (C=O) groups is 1. The van der Waals surface area contributed by atoms with Gasteiger partial charge in [-0.3, -0.25) is 0 Å². The van der Waals surface area contributed by atoms with Gasteiger partial charge in [0.25, 0.3) is 0 Å². The molecule has 0 saturated carbocycles. The topological polar surface area (TPSA) is 26.3 Å². The molecule has 0 heterocycles. The second-order valence-electron chi connectivity index (χ2n) is 2.55. The predicted molar refractivity (Wildman–Crippen MR) is 47.8 cm³/mol. The van der Waals surface area contributed by atoms with Crippen LogP contribution in [0, 0.1) is 11.6 Å². The maximum absolute atomic E-state index is 12.8. The molecule has 0 aliphatic carbocycles. The number of rotatable bonds is 2. The van der Waals surface area contributed by atoms with Crippen LogP contribution in [-0.4, -0.2) is 13.1 Å². The summed E-state index contributed by atoms with van der Waals surface area (Å²) in [5, 5.41) is 0. The van der Waals surface area contributed by atoms with Crippen molar-refractivity contribution in [3.05, 3.63) is 41.5 Å². The lowest BCUT2D eigenvalue weighted by atomic mass is 10.1. The summed E-state index contributed by atoms with van der Waals surface area (Å²) in [6, 6.07) is 1.69. The van der Waals surface area contributed by atoms with E-state index in [4.69, 9.17) is 0 Å². The summed E-state index contributed by atoms with van der Waals surface area (Å²) in [5.41, 5.74) is 0.164. The van der Waals surface area contributed by atoms with Crippen LogP contribution in [0.25, 0.3) is 6.08 Å². The molecule has 0 aromatic heterocycles. The molecule has 0 N–H and O–H groups in total. The molecule has 0 aliphatic rings. The molecule has 0 atom stereocenters. The Bertz CT molecular complexity index is 386. The minimum absolute atomic E-state index is 0.0404. The Morgan fingerprint density at radius 3 is 2.50 bits per heavy atom. The Morgan fingerprint density at radius 1 is 1.43 bits per heavy atom. The Kier molecular flexibility index (Phi) is 2.96. The van der Waals surface area contributed by atoms with Gasteiger partial charge in [0.1, 0.15) is 0 Å². The summed E-state index contributed by atoms with van der Waals surface area (Å²) >= 11 is 0. The molecule has 0 bridgehead atoms. The molecule has 14 heavy (non-hydrogen) atoms. The first-order chi connectivity index (χ1) is 6.60. The van der Waals surface area contributed by atoms with E-state index >= 15 is 0 Å². The smallest absolute Gasteiger partial charge is 0.338 e. The monoisotopic (exact) mass is 198 g/mol. The van der Waals surface area contributed by atoms with Gasteiger partial charge in [-0.2, -0.15) is 0 Å². The summed E-state index contributed by atoms with van der Waals surface area (Å²) in [5.74, 6) is -2.83. The maximum atomic E-state index is 12.8. The van der Waals surface area contributed by atoms with Gasteiger partial charge in [0.05, 0.1) is 12.7 Å². The van der Waals surface area contributed by atoms with Crippen LogP contribution >= 0.6 is 0 Å². The highest BCUT2D eigenvalue weighted by molar-refractivity contribution is 5.93. The summed E-state index contributed by atoms with van der Waals surface area (Å²) in [7, 11) is 1.16. The minimum Gasteiger partial charge on any atom is -0.465 e. The number of hydrogen-bond acceptors (Lipinski definition) is 2. The van der Waals surface area contributed by atoms with Crippen molar-refractivity contribution in [1.82, 2.24) is 0 Å². The van der Waals surface area contributed by atoms with Crippen molar-refractivity contribution in [3.8, 4) is 0 Å². The second kappa shape index (κ2) is 4.00. The van der Waals surface area contributed by atoms with Crippen molar-refractivity contribution in [1.29, 1.82) is 0 Å². The van der Waals surface area contributed by atoms with Crippen LogP contribution in [0.2, 0.25) is 0 Å². The van der Waals surface area contributed by atoms with Crippen molar-refractivity contribution in [2.45, 2.75) is 0 Å². The number of carbonyl (C=O) groups excluding carboxylic acids is 1. The van der Waals surface area contributed by atoms with Gasteiger partial charge >= 0.3 is 5.97 Å². The average molecular weight is 198 g/mol. The fourth-order valence-electron chi connectivity index (χ4n) is 1.02. The molecule has 0 spiro atoms. The number of hydrogen-bond donors (Lipinski definition) is 0. The zero-order chi connectivity index (χ0) is 10.7. The van der Waals surface area contributed by atoms with Crippen LogP contribution in [0.4, 0.5) is 8.78 Å². The maximum Gasteiger partial charge on any atom is 0.338 e. The first kappa shape index (κ1) is 10.4. The first-order valence-electron chi connectivity index (χ1n) is 3.80. The quantitative estimate of drug-likeness (QED) is 0.682. The molecule has 0 unspecified atom stereocenters. The highest BCUT2D eigenvalue weighted by atomic mass is 19.2. The Morgan fingerprint density at radius 2 is 2.00 bits per heavy atom. The van der Waals surface area contributed by atoms with E-state index in [9.17, 15) is 13.6 Å². The van der Waals surface area contributed by atoms with Crippen molar-refractivity contribution < 1.29 is 18.3 Å². The Hall–Kier alpha value is -1.71. The van der Waals surface area contributed by atoms with Crippen LogP contribution in [0.1, 0.15) is 15.9 Å². The molecule has 2 nitrogen and oxygen atoms in total. The zero-order valence-corrected chi connectivity index (χ0v) is 7.51. The minimum atomic E-state index is -1.09. The lowest BCUT2D eigenvalue weighted by Gasteiger charge is -2.04. The van der Waals surface area contributed by atoms with Crippen LogP contribution in [-0.2, 0) is 4.74 Å². The van der Waals surface area contributed by atoms with Crippen molar-refractivity contribution in [3.63, 3.8) is 0 Å². The van der Waals surface area contributed by atoms with E-state index in [2.05, 4.69) is 11.3 Å². The molecule has 1 rings (SSSR count). The third kappa shape index (κ3) is 1.79. The number of halogens is 2. The molecule has 1 aromatic rings. The molecule has 0 aliphatic heterocycles. The molecular weight excluding hydrogens is 190 g/mol. The fourth-order valence-corrected chi connectivity index (χ4v) is 1.02. The standard InChI is InChI=1S/C10H8F2O2/c1-3-6-4-8(11)9(12)5-7(6)10(13)14-2/h3-5H,1H2,2H3. The molecule has 74 valence electrons. The van der Waals surface area contributed by atoms with Gasteiger partial charge in [-0.1, -0.05) is 12.7 Å². The molecule has 4 heteroatoms. The van der Waals surface area contributed by atoms with Gasteiger partial charge < -0.3 is 4.74 Å². The number of methoxy groups -OCH3 is 1. The van der Waals surface area contributed by atoms with E-state index in [-0.39, 0.29) is 11.1 Å². The van der Waals surface area contributed by atoms with Gasteiger partial charge in [0.2, 0.25) is 0 Å². The van der Waals surface area contributed by atoms with E-state index < -0.39 is 17.6 Å². The lowest BCUT2D eigenvalue weighted by molar-refractivity contribution is 0.0600. The molecule has 1 aromatic carbocycles. The fraction of sp³-hybridized carbons (Fsp3) is 0.100. The van der Waals surface area contributed by atoms with Crippen molar-refractivity contribution >= 4 is 12.0 Å². The summed E-state index contributed by atoms with van der Waals surface area (Å²) in [4.78, 5) is 11.1. The molecular formula is C10H8F2O2. The second-order valence-corrected chi connectivity index (χ2v) is 2.55. The van der Waals surface area contributed by atoms with E-state index in [0.717, 1.165) is 19.2 Å². The van der Waals surface area contributed by atoms with E-state index in [1.54, 1.807) is 0 Å². The Labute approximate surface area is 79.8 Å². The Balaban J connectivity index is 3.34. The highest BCUT2D eigenvalue weighted by Crippen LogP contribution is 2.16. The number of esters is 1. The SMILES string of the molecule is C=Cc1cc(F)c(F)cc1C(=O)OC. The molecule has 0 radical (unpaired) electrons.